The van der Waals surface area contributed by atoms with Gasteiger partial charge in [-0.3, -0.25) is 19.2 Å². The van der Waals surface area contributed by atoms with Crippen LogP contribution in [0, 0.1) is 5.92 Å². The van der Waals surface area contributed by atoms with Crippen LogP contribution in [0.1, 0.15) is 25.7 Å². The summed E-state index contributed by atoms with van der Waals surface area (Å²) >= 11 is 0. The first-order valence-electron chi connectivity index (χ1n) is 8.83. The smallest absolute Gasteiger partial charge is 0.244 e. The maximum absolute atomic E-state index is 13.0. The molecule has 0 aromatic carbocycles. The van der Waals surface area contributed by atoms with Gasteiger partial charge in [-0.2, -0.15) is 5.10 Å². The number of amides is 1. The Kier molecular flexibility index (Phi) is 4.14. The van der Waals surface area contributed by atoms with E-state index in [1.54, 1.807) is 10.9 Å². The molecule has 0 radical (unpaired) electrons. The van der Waals surface area contributed by atoms with E-state index in [2.05, 4.69) is 10.00 Å². The molecule has 7 nitrogen and oxygen atoms in total. The number of ketones is 1. The molecule has 1 saturated carbocycles. The van der Waals surface area contributed by atoms with E-state index in [-0.39, 0.29) is 29.8 Å². The number of carbonyl (C=O) groups is 2. The number of hydrogen-bond acceptors (Lipinski definition) is 5. The van der Waals surface area contributed by atoms with Crippen molar-refractivity contribution in [2.75, 3.05) is 31.1 Å². The van der Waals surface area contributed by atoms with Gasteiger partial charge in [0, 0.05) is 38.8 Å². The number of carbonyl (C=O) groups excluding carboxylic acids is 2. The minimum Gasteiger partial charge on any atom is -0.368 e. The van der Waals surface area contributed by atoms with Gasteiger partial charge in [-0.1, -0.05) is 0 Å². The summed E-state index contributed by atoms with van der Waals surface area (Å²) in [5, 5.41) is 4.17. The van der Waals surface area contributed by atoms with E-state index >= 15 is 0 Å². The molecule has 24 heavy (non-hydrogen) atoms. The van der Waals surface area contributed by atoms with Crippen LogP contribution in [0.25, 0.3) is 0 Å². The van der Waals surface area contributed by atoms with Crippen LogP contribution in [-0.4, -0.2) is 64.8 Å². The number of Topliss-reactive ketones (excluding diaryl/α,β-unsaturated/α-hetero) is 1. The lowest BCUT2D eigenvalue weighted by atomic mass is 10.0. The van der Waals surface area contributed by atoms with Crippen LogP contribution >= 0.6 is 0 Å². The number of ether oxygens (including phenoxy) is 1. The molecule has 3 fully saturated rings. The van der Waals surface area contributed by atoms with E-state index < -0.39 is 0 Å². The van der Waals surface area contributed by atoms with Crippen molar-refractivity contribution < 1.29 is 14.3 Å². The largest absolute Gasteiger partial charge is 0.368 e. The predicted octanol–water partition coefficient (Wildman–Crippen LogP) is 0.595. The van der Waals surface area contributed by atoms with Gasteiger partial charge in [0.1, 0.15) is 6.10 Å². The number of nitrogens with zero attached hydrogens (tertiary/aromatic N) is 4. The molecule has 2 saturated heterocycles. The Morgan fingerprint density at radius 3 is 2.83 bits per heavy atom. The van der Waals surface area contributed by atoms with Crippen molar-refractivity contribution in [3.8, 4) is 0 Å². The minimum absolute atomic E-state index is 0.119. The summed E-state index contributed by atoms with van der Waals surface area (Å²) in [5.41, 5.74) is 0.853. The average molecular weight is 332 g/mol. The molecule has 2 aliphatic heterocycles. The zero-order chi connectivity index (χ0) is 16.7. The van der Waals surface area contributed by atoms with Gasteiger partial charge in [0.15, 0.2) is 5.78 Å². The molecule has 0 N–H and O–H groups in total. The molecule has 0 unspecified atom stereocenters. The van der Waals surface area contributed by atoms with Crippen molar-refractivity contribution >= 4 is 17.4 Å². The fraction of sp³-hybridized carbons (Fsp3) is 0.706. The third-order valence-electron chi connectivity index (χ3n) is 5.25. The molecule has 0 spiro atoms. The number of anilines is 1. The first kappa shape index (κ1) is 15.8. The van der Waals surface area contributed by atoms with Gasteiger partial charge in [-0.25, -0.2) is 0 Å². The second kappa shape index (κ2) is 6.29. The van der Waals surface area contributed by atoms with Gasteiger partial charge < -0.3 is 9.64 Å². The Balaban J connectivity index is 1.46. The number of piperidine rings is 1. The van der Waals surface area contributed by atoms with Crippen molar-refractivity contribution in [1.82, 2.24) is 14.7 Å². The van der Waals surface area contributed by atoms with E-state index in [1.165, 1.54) is 0 Å². The van der Waals surface area contributed by atoms with Crippen LogP contribution in [0.15, 0.2) is 12.4 Å². The lowest BCUT2D eigenvalue weighted by Gasteiger charge is -2.41. The average Bonchev–Trinajstić information content (AvgIpc) is 3.36. The molecule has 0 bridgehead atoms. The molecule has 1 aromatic rings. The lowest BCUT2D eigenvalue weighted by molar-refractivity contribution is -0.142. The van der Waals surface area contributed by atoms with Gasteiger partial charge in [0.25, 0.3) is 0 Å². The second-order valence-electron chi connectivity index (χ2n) is 7.05. The molecular weight excluding hydrogens is 308 g/mol. The normalized spacial score (nSPS) is 29.0. The Hall–Kier alpha value is -1.73. The van der Waals surface area contributed by atoms with Gasteiger partial charge in [0.2, 0.25) is 5.91 Å². The summed E-state index contributed by atoms with van der Waals surface area (Å²) in [4.78, 5) is 29.3. The van der Waals surface area contributed by atoms with E-state index in [0.717, 1.165) is 37.9 Å². The van der Waals surface area contributed by atoms with E-state index in [9.17, 15) is 9.59 Å². The highest BCUT2D eigenvalue weighted by atomic mass is 16.5. The maximum atomic E-state index is 13.0. The highest BCUT2D eigenvalue weighted by Gasteiger charge is 2.41. The van der Waals surface area contributed by atoms with Crippen LogP contribution in [0.2, 0.25) is 0 Å². The van der Waals surface area contributed by atoms with Crippen LogP contribution in [0.5, 0.6) is 0 Å². The van der Waals surface area contributed by atoms with Gasteiger partial charge in [0.05, 0.1) is 24.5 Å². The highest BCUT2D eigenvalue weighted by Crippen LogP contribution is 2.33. The Morgan fingerprint density at radius 2 is 2.12 bits per heavy atom. The van der Waals surface area contributed by atoms with Crippen LogP contribution in [0.3, 0.4) is 0 Å². The monoisotopic (exact) mass is 332 g/mol. The van der Waals surface area contributed by atoms with Crippen molar-refractivity contribution in [1.29, 1.82) is 0 Å². The van der Waals surface area contributed by atoms with Crippen LogP contribution < -0.4 is 4.90 Å². The predicted molar refractivity (Wildman–Crippen MR) is 87.6 cm³/mol. The maximum Gasteiger partial charge on any atom is 0.244 e. The van der Waals surface area contributed by atoms with Crippen LogP contribution in [-0.2, 0) is 21.4 Å². The third kappa shape index (κ3) is 2.98. The number of rotatable bonds is 4. The van der Waals surface area contributed by atoms with Crippen molar-refractivity contribution in [2.45, 2.75) is 37.8 Å². The molecular formula is C17H24N4O3. The first-order chi connectivity index (χ1) is 11.6. The molecule has 2 atom stereocenters. The quantitative estimate of drug-likeness (QED) is 0.807. The molecule has 1 aromatic heterocycles. The SMILES string of the molecule is Cn1cc(N2CCC[C@H](N3CCO[C@H](C(=O)C4CC4)C3)C2=O)cn1. The summed E-state index contributed by atoms with van der Waals surface area (Å²) in [5.74, 6) is 0.546. The van der Waals surface area contributed by atoms with Crippen molar-refractivity contribution in [3.05, 3.63) is 12.4 Å². The standard InChI is InChI=1S/C17H24N4O3/c1-19-10-13(9-18-19)21-6-2-3-14(17(21)23)20-7-8-24-15(11-20)16(22)12-4-5-12/h9-10,12,14-15H,2-8,11H2,1H3/t14-,15-/m0/s1. The molecule has 1 aliphatic carbocycles. The second-order valence-corrected chi connectivity index (χ2v) is 7.05. The summed E-state index contributed by atoms with van der Waals surface area (Å²) < 4.78 is 7.40. The summed E-state index contributed by atoms with van der Waals surface area (Å²) in [6.45, 7) is 2.52. The van der Waals surface area contributed by atoms with E-state index in [1.807, 2.05) is 18.1 Å². The summed E-state index contributed by atoms with van der Waals surface area (Å²) in [6.07, 6.45) is 7.06. The lowest BCUT2D eigenvalue weighted by Crippen LogP contribution is -2.58. The van der Waals surface area contributed by atoms with Crippen molar-refractivity contribution in [3.63, 3.8) is 0 Å². The van der Waals surface area contributed by atoms with Gasteiger partial charge in [-0.05, 0) is 25.7 Å². The molecule has 4 rings (SSSR count). The topological polar surface area (TPSA) is 67.7 Å². The van der Waals surface area contributed by atoms with E-state index in [0.29, 0.717) is 19.7 Å². The zero-order valence-corrected chi connectivity index (χ0v) is 14.1. The molecule has 3 heterocycles. The minimum atomic E-state index is -0.354. The molecule has 3 aliphatic rings. The van der Waals surface area contributed by atoms with Crippen LogP contribution in [0.4, 0.5) is 5.69 Å². The van der Waals surface area contributed by atoms with E-state index in [4.69, 9.17) is 4.74 Å². The first-order valence-corrected chi connectivity index (χ1v) is 8.83. The fourth-order valence-corrected chi connectivity index (χ4v) is 3.75. The highest BCUT2D eigenvalue weighted by molar-refractivity contribution is 5.97. The Bertz CT molecular complexity index is 640. The number of aromatic nitrogens is 2. The summed E-state index contributed by atoms with van der Waals surface area (Å²) in [7, 11) is 1.85. The Labute approximate surface area is 141 Å². The molecule has 130 valence electrons. The van der Waals surface area contributed by atoms with Crippen molar-refractivity contribution in [2.24, 2.45) is 13.0 Å². The molecule has 1 amide bonds. The van der Waals surface area contributed by atoms with Gasteiger partial charge >= 0.3 is 0 Å². The third-order valence-corrected chi connectivity index (χ3v) is 5.25. The van der Waals surface area contributed by atoms with Gasteiger partial charge in [-0.15, -0.1) is 0 Å². The number of morpholine rings is 1. The zero-order valence-electron chi connectivity index (χ0n) is 14.1. The fourth-order valence-electron chi connectivity index (χ4n) is 3.75. The number of hydrogen-bond donors (Lipinski definition) is 0. The summed E-state index contributed by atoms with van der Waals surface area (Å²) in [6, 6.07) is -0.155. The Morgan fingerprint density at radius 1 is 1.29 bits per heavy atom. The number of aryl methyl sites for hydroxylation is 1. The molecule has 7 heteroatoms.